The molecule has 1 heterocycles. The molecule has 0 amide bonds. The minimum Gasteiger partial charge on any atom is -0.490 e. The molecule has 0 saturated heterocycles. The summed E-state index contributed by atoms with van der Waals surface area (Å²) in [6.45, 7) is 3.45. The lowest BCUT2D eigenvalue weighted by Crippen LogP contribution is -2.10. The van der Waals surface area contributed by atoms with E-state index in [1.807, 2.05) is 37.3 Å². The SMILES string of the molecule is CCCOc1nc(OCCOc2ccccc2)ccc1N. The number of rotatable bonds is 8. The van der Waals surface area contributed by atoms with Gasteiger partial charge in [0.25, 0.3) is 0 Å². The van der Waals surface area contributed by atoms with E-state index >= 15 is 0 Å². The van der Waals surface area contributed by atoms with Crippen molar-refractivity contribution < 1.29 is 14.2 Å². The molecule has 0 aliphatic heterocycles. The Labute approximate surface area is 124 Å². The van der Waals surface area contributed by atoms with Crippen molar-refractivity contribution >= 4 is 5.69 Å². The van der Waals surface area contributed by atoms with Crippen LogP contribution in [-0.2, 0) is 0 Å². The molecule has 2 N–H and O–H groups in total. The maximum atomic E-state index is 5.79. The summed E-state index contributed by atoms with van der Waals surface area (Å²) in [5.41, 5.74) is 6.30. The highest BCUT2D eigenvalue weighted by atomic mass is 16.5. The molecular weight excluding hydrogens is 268 g/mol. The van der Waals surface area contributed by atoms with Gasteiger partial charge in [0.1, 0.15) is 19.0 Å². The Morgan fingerprint density at radius 2 is 1.67 bits per heavy atom. The molecule has 5 nitrogen and oxygen atoms in total. The summed E-state index contributed by atoms with van der Waals surface area (Å²) in [6.07, 6.45) is 0.900. The predicted octanol–water partition coefficient (Wildman–Crippen LogP) is 2.91. The smallest absolute Gasteiger partial charge is 0.240 e. The molecular formula is C16H20N2O3. The molecule has 112 valence electrons. The topological polar surface area (TPSA) is 66.6 Å². The first kappa shape index (κ1) is 15.0. The van der Waals surface area contributed by atoms with E-state index in [4.69, 9.17) is 19.9 Å². The third kappa shape index (κ3) is 4.87. The summed E-state index contributed by atoms with van der Waals surface area (Å²) in [5.74, 6) is 1.71. The van der Waals surface area contributed by atoms with Gasteiger partial charge >= 0.3 is 0 Å². The number of benzene rings is 1. The van der Waals surface area contributed by atoms with Crippen LogP contribution in [0, 0.1) is 0 Å². The minimum absolute atomic E-state index is 0.402. The Kier molecular flexibility index (Phi) is 5.70. The summed E-state index contributed by atoms with van der Waals surface area (Å²) in [5, 5.41) is 0. The number of para-hydroxylation sites is 1. The van der Waals surface area contributed by atoms with E-state index in [0.29, 0.717) is 37.3 Å². The van der Waals surface area contributed by atoms with E-state index in [2.05, 4.69) is 4.98 Å². The van der Waals surface area contributed by atoms with E-state index in [1.54, 1.807) is 12.1 Å². The normalized spacial score (nSPS) is 10.1. The molecule has 1 aromatic carbocycles. The number of hydrogen-bond donors (Lipinski definition) is 1. The zero-order valence-corrected chi connectivity index (χ0v) is 12.1. The number of nitrogens with zero attached hydrogens (tertiary/aromatic N) is 1. The van der Waals surface area contributed by atoms with Gasteiger partial charge in [-0.15, -0.1) is 0 Å². The number of ether oxygens (including phenoxy) is 3. The second-order valence-electron chi connectivity index (χ2n) is 4.40. The Hall–Kier alpha value is -2.43. The molecule has 21 heavy (non-hydrogen) atoms. The number of nitrogen functional groups attached to an aromatic ring is 1. The van der Waals surface area contributed by atoms with Crippen LogP contribution in [0.15, 0.2) is 42.5 Å². The second-order valence-corrected chi connectivity index (χ2v) is 4.40. The Bertz CT molecular complexity index is 546. The first-order valence-electron chi connectivity index (χ1n) is 6.99. The highest BCUT2D eigenvalue weighted by Crippen LogP contribution is 2.22. The van der Waals surface area contributed by atoms with Crippen LogP contribution < -0.4 is 19.9 Å². The van der Waals surface area contributed by atoms with Crippen LogP contribution in [0.4, 0.5) is 5.69 Å². The fraction of sp³-hybridized carbons (Fsp3) is 0.312. The van der Waals surface area contributed by atoms with E-state index in [1.165, 1.54) is 0 Å². The molecule has 2 aromatic rings. The molecule has 0 aliphatic carbocycles. The average Bonchev–Trinajstić information content (AvgIpc) is 2.52. The van der Waals surface area contributed by atoms with Crippen molar-refractivity contribution in [2.24, 2.45) is 0 Å². The lowest BCUT2D eigenvalue weighted by Gasteiger charge is -2.10. The van der Waals surface area contributed by atoms with Crippen molar-refractivity contribution in [2.75, 3.05) is 25.6 Å². The minimum atomic E-state index is 0.402. The third-order valence-corrected chi connectivity index (χ3v) is 2.65. The summed E-state index contributed by atoms with van der Waals surface area (Å²) < 4.78 is 16.5. The summed E-state index contributed by atoms with van der Waals surface area (Å²) in [6, 6.07) is 13.0. The molecule has 2 rings (SSSR count). The van der Waals surface area contributed by atoms with Crippen molar-refractivity contribution in [2.45, 2.75) is 13.3 Å². The van der Waals surface area contributed by atoms with Crippen molar-refractivity contribution in [3.05, 3.63) is 42.5 Å². The number of hydrogen-bond acceptors (Lipinski definition) is 5. The highest BCUT2D eigenvalue weighted by molar-refractivity contribution is 5.49. The number of nitrogens with two attached hydrogens (primary N) is 1. The van der Waals surface area contributed by atoms with Crippen molar-refractivity contribution in [3.8, 4) is 17.5 Å². The quantitative estimate of drug-likeness (QED) is 0.756. The van der Waals surface area contributed by atoms with E-state index in [-0.39, 0.29) is 0 Å². The monoisotopic (exact) mass is 288 g/mol. The van der Waals surface area contributed by atoms with Gasteiger partial charge in [0.2, 0.25) is 11.8 Å². The van der Waals surface area contributed by atoms with Crippen LogP contribution in [0.25, 0.3) is 0 Å². The molecule has 0 radical (unpaired) electrons. The molecule has 0 saturated carbocycles. The summed E-state index contributed by atoms with van der Waals surface area (Å²) in [7, 11) is 0. The zero-order chi connectivity index (χ0) is 14.9. The standard InChI is InChI=1S/C16H20N2O3/c1-2-10-21-16-14(17)8-9-15(18-16)20-12-11-19-13-6-4-3-5-7-13/h3-9H,2,10-12,17H2,1H3. The van der Waals surface area contributed by atoms with Gasteiger partial charge in [-0.2, -0.15) is 4.98 Å². The van der Waals surface area contributed by atoms with Gasteiger partial charge in [0, 0.05) is 6.07 Å². The van der Waals surface area contributed by atoms with Crippen LogP contribution in [0.3, 0.4) is 0 Å². The van der Waals surface area contributed by atoms with E-state index in [0.717, 1.165) is 12.2 Å². The molecule has 5 heteroatoms. The molecule has 0 bridgehead atoms. The van der Waals surface area contributed by atoms with E-state index < -0.39 is 0 Å². The molecule has 0 aliphatic rings. The third-order valence-electron chi connectivity index (χ3n) is 2.65. The highest BCUT2D eigenvalue weighted by Gasteiger charge is 2.05. The van der Waals surface area contributed by atoms with Gasteiger partial charge in [0.05, 0.1) is 12.3 Å². The van der Waals surface area contributed by atoms with E-state index in [9.17, 15) is 0 Å². The lowest BCUT2D eigenvalue weighted by atomic mass is 10.3. The van der Waals surface area contributed by atoms with Gasteiger partial charge < -0.3 is 19.9 Å². The van der Waals surface area contributed by atoms with Crippen molar-refractivity contribution in [3.63, 3.8) is 0 Å². The van der Waals surface area contributed by atoms with Crippen molar-refractivity contribution in [1.82, 2.24) is 4.98 Å². The van der Waals surface area contributed by atoms with Crippen LogP contribution in [0.5, 0.6) is 17.5 Å². The fourth-order valence-corrected chi connectivity index (χ4v) is 1.65. The number of anilines is 1. The average molecular weight is 288 g/mol. The first-order valence-corrected chi connectivity index (χ1v) is 6.99. The Balaban J connectivity index is 1.80. The largest absolute Gasteiger partial charge is 0.490 e. The lowest BCUT2D eigenvalue weighted by molar-refractivity contribution is 0.209. The van der Waals surface area contributed by atoms with Gasteiger partial charge in [0.15, 0.2) is 0 Å². The number of aromatic nitrogens is 1. The van der Waals surface area contributed by atoms with Gasteiger partial charge in [-0.25, -0.2) is 0 Å². The van der Waals surface area contributed by atoms with Crippen LogP contribution in [0.2, 0.25) is 0 Å². The van der Waals surface area contributed by atoms with Crippen LogP contribution in [0.1, 0.15) is 13.3 Å². The molecule has 0 spiro atoms. The maximum Gasteiger partial charge on any atom is 0.240 e. The second kappa shape index (κ2) is 7.99. The number of pyridine rings is 1. The predicted molar refractivity (Wildman–Crippen MR) is 81.9 cm³/mol. The summed E-state index contributed by atoms with van der Waals surface area (Å²) in [4.78, 5) is 4.23. The fourth-order valence-electron chi connectivity index (χ4n) is 1.65. The first-order chi connectivity index (χ1) is 10.3. The Morgan fingerprint density at radius 1 is 0.905 bits per heavy atom. The summed E-state index contributed by atoms with van der Waals surface area (Å²) >= 11 is 0. The maximum absolute atomic E-state index is 5.79. The molecule has 0 atom stereocenters. The molecule has 1 aromatic heterocycles. The van der Waals surface area contributed by atoms with Gasteiger partial charge in [-0.1, -0.05) is 25.1 Å². The van der Waals surface area contributed by atoms with Crippen molar-refractivity contribution in [1.29, 1.82) is 0 Å². The zero-order valence-electron chi connectivity index (χ0n) is 12.1. The Morgan fingerprint density at radius 3 is 2.43 bits per heavy atom. The van der Waals surface area contributed by atoms with Crippen LogP contribution >= 0.6 is 0 Å². The van der Waals surface area contributed by atoms with Gasteiger partial charge in [-0.05, 0) is 24.6 Å². The van der Waals surface area contributed by atoms with Gasteiger partial charge in [-0.3, -0.25) is 0 Å². The molecule has 0 fully saturated rings. The van der Waals surface area contributed by atoms with Crippen LogP contribution in [-0.4, -0.2) is 24.8 Å². The molecule has 0 unspecified atom stereocenters.